The van der Waals surface area contributed by atoms with Gasteiger partial charge in [-0.25, -0.2) is 9.97 Å². The van der Waals surface area contributed by atoms with Crippen molar-refractivity contribution in [3.8, 4) is 0 Å². The summed E-state index contributed by atoms with van der Waals surface area (Å²) in [6.45, 7) is 10.0. The highest BCUT2D eigenvalue weighted by atomic mass is 32.2. The Kier molecular flexibility index (Phi) is 4.86. The molecule has 22 heavy (non-hydrogen) atoms. The van der Waals surface area contributed by atoms with Gasteiger partial charge < -0.3 is 5.73 Å². The fraction of sp³-hybridized carbons (Fsp3) is 0.353. The molecule has 0 radical (unpaired) electrons. The van der Waals surface area contributed by atoms with Crippen LogP contribution in [-0.4, -0.2) is 21.5 Å². The number of ketones is 1. The van der Waals surface area contributed by atoms with E-state index in [2.05, 4.69) is 23.8 Å². The second-order valence-electron chi connectivity index (χ2n) is 5.54. The van der Waals surface area contributed by atoms with E-state index < -0.39 is 0 Å². The van der Waals surface area contributed by atoms with E-state index in [0.29, 0.717) is 16.7 Å². The fourth-order valence-corrected chi connectivity index (χ4v) is 3.13. The molecule has 0 amide bonds. The first-order chi connectivity index (χ1) is 10.3. The summed E-state index contributed by atoms with van der Waals surface area (Å²) in [7, 11) is 0. The van der Waals surface area contributed by atoms with E-state index in [0.717, 1.165) is 22.4 Å². The van der Waals surface area contributed by atoms with Crippen molar-refractivity contribution < 1.29 is 4.79 Å². The first-order valence-electron chi connectivity index (χ1n) is 7.14. The fourth-order valence-electron chi connectivity index (χ4n) is 2.34. The van der Waals surface area contributed by atoms with Gasteiger partial charge in [0.2, 0.25) is 0 Å². The van der Waals surface area contributed by atoms with Crippen molar-refractivity contribution in [1.29, 1.82) is 0 Å². The molecule has 0 spiro atoms. The lowest BCUT2D eigenvalue weighted by molar-refractivity contribution is 0.102. The number of thioether (sulfide) groups is 1. The van der Waals surface area contributed by atoms with E-state index in [1.165, 1.54) is 22.9 Å². The predicted octanol–water partition coefficient (Wildman–Crippen LogP) is 3.58. The summed E-state index contributed by atoms with van der Waals surface area (Å²) in [5, 5.41) is 0.545. The van der Waals surface area contributed by atoms with E-state index in [-0.39, 0.29) is 5.78 Å². The Labute approximate surface area is 135 Å². The first-order valence-corrected chi connectivity index (χ1v) is 8.12. The molecule has 5 heteroatoms. The maximum atomic E-state index is 12.5. The Morgan fingerprint density at radius 3 is 2.36 bits per heavy atom. The molecule has 0 fully saturated rings. The van der Waals surface area contributed by atoms with Crippen LogP contribution >= 0.6 is 11.8 Å². The van der Waals surface area contributed by atoms with Gasteiger partial charge in [-0.2, -0.15) is 0 Å². The molecule has 1 aromatic carbocycles. The number of Topliss-reactive ketones (excluding diaryl/α,β-unsaturated/α-hetero) is 1. The predicted molar refractivity (Wildman–Crippen MR) is 91.6 cm³/mol. The maximum Gasteiger partial charge on any atom is 0.190 e. The molecule has 1 heterocycles. The first kappa shape index (κ1) is 16.5. The zero-order valence-electron chi connectivity index (χ0n) is 13.7. The summed E-state index contributed by atoms with van der Waals surface area (Å²) in [4.78, 5) is 21.0. The molecule has 2 rings (SSSR count). The molecule has 116 valence electrons. The Morgan fingerprint density at radius 1 is 1.05 bits per heavy atom. The molecule has 0 aliphatic carbocycles. The number of nitrogen functional groups attached to an aromatic ring is 1. The van der Waals surface area contributed by atoms with Crippen LogP contribution in [0.5, 0.6) is 0 Å². The zero-order chi connectivity index (χ0) is 16.4. The van der Waals surface area contributed by atoms with Crippen molar-refractivity contribution in [2.24, 2.45) is 0 Å². The lowest BCUT2D eigenvalue weighted by Gasteiger charge is -2.13. The van der Waals surface area contributed by atoms with E-state index in [1.807, 2.05) is 26.8 Å². The second kappa shape index (κ2) is 6.48. The molecule has 0 saturated heterocycles. The summed E-state index contributed by atoms with van der Waals surface area (Å²) >= 11 is 1.32. The molecule has 4 nitrogen and oxygen atoms in total. The van der Waals surface area contributed by atoms with Crippen LogP contribution in [0.25, 0.3) is 0 Å². The van der Waals surface area contributed by atoms with Crippen LogP contribution < -0.4 is 5.73 Å². The quantitative estimate of drug-likeness (QED) is 0.530. The molecule has 2 aromatic rings. The number of nitrogens with two attached hydrogens (primary N) is 1. The average Bonchev–Trinajstić information content (AvgIpc) is 2.45. The molecule has 0 aliphatic rings. The van der Waals surface area contributed by atoms with Gasteiger partial charge in [0, 0.05) is 17.3 Å². The standard InChI is InChI=1S/C17H21N3OS/c1-9-6-14(13(5)12(4)11(9)3)15(21)8-22-17-19-10(2)7-16(18)20-17/h6-7H,8H2,1-5H3,(H2,18,19,20). The Morgan fingerprint density at radius 2 is 1.73 bits per heavy atom. The van der Waals surface area contributed by atoms with Crippen LogP contribution in [-0.2, 0) is 0 Å². The van der Waals surface area contributed by atoms with Crippen LogP contribution in [0.15, 0.2) is 17.3 Å². The van der Waals surface area contributed by atoms with Crippen molar-refractivity contribution >= 4 is 23.4 Å². The van der Waals surface area contributed by atoms with Gasteiger partial charge in [-0.1, -0.05) is 11.8 Å². The van der Waals surface area contributed by atoms with E-state index in [9.17, 15) is 4.79 Å². The lowest BCUT2D eigenvalue weighted by Crippen LogP contribution is -2.09. The minimum absolute atomic E-state index is 0.0948. The Hall–Kier alpha value is -1.88. The SMILES string of the molecule is Cc1cc(N)nc(SCC(=O)c2cc(C)c(C)c(C)c2C)n1. The van der Waals surface area contributed by atoms with Crippen molar-refractivity contribution in [2.75, 3.05) is 11.5 Å². The largest absolute Gasteiger partial charge is 0.384 e. The third-order valence-corrected chi connectivity index (χ3v) is 4.81. The molecule has 2 N–H and O–H groups in total. The second-order valence-corrected chi connectivity index (χ2v) is 6.49. The topological polar surface area (TPSA) is 68.9 Å². The van der Waals surface area contributed by atoms with Gasteiger partial charge >= 0.3 is 0 Å². The van der Waals surface area contributed by atoms with Gasteiger partial charge in [-0.05, 0) is 62.9 Å². The minimum atomic E-state index is 0.0948. The number of hydrogen-bond acceptors (Lipinski definition) is 5. The van der Waals surface area contributed by atoms with E-state index in [1.54, 1.807) is 6.07 Å². The van der Waals surface area contributed by atoms with E-state index >= 15 is 0 Å². The number of nitrogens with zero attached hydrogens (tertiary/aromatic N) is 2. The van der Waals surface area contributed by atoms with Crippen LogP contribution in [0.2, 0.25) is 0 Å². The highest BCUT2D eigenvalue weighted by Crippen LogP contribution is 2.24. The highest BCUT2D eigenvalue weighted by molar-refractivity contribution is 7.99. The number of carbonyl (C=O) groups excluding carboxylic acids is 1. The number of aryl methyl sites for hydroxylation is 2. The van der Waals surface area contributed by atoms with Crippen molar-refractivity contribution in [2.45, 2.75) is 39.8 Å². The summed E-state index contributed by atoms with van der Waals surface area (Å²) in [6.07, 6.45) is 0. The number of hydrogen-bond donors (Lipinski definition) is 1. The van der Waals surface area contributed by atoms with Crippen molar-refractivity contribution in [3.63, 3.8) is 0 Å². The average molecular weight is 315 g/mol. The zero-order valence-corrected chi connectivity index (χ0v) is 14.5. The minimum Gasteiger partial charge on any atom is -0.384 e. The number of anilines is 1. The third kappa shape index (κ3) is 3.47. The maximum absolute atomic E-state index is 12.5. The molecule has 0 bridgehead atoms. The lowest BCUT2D eigenvalue weighted by atomic mass is 9.93. The monoisotopic (exact) mass is 315 g/mol. The number of rotatable bonds is 4. The van der Waals surface area contributed by atoms with Crippen LogP contribution in [0, 0.1) is 34.6 Å². The van der Waals surface area contributed by atoms with Gasteiger partial charge in [-0.15, -0.1) is 0 Å². The molecule has 1 aromatic heterocycles. The van der Waals surface area contributed by atoms with Crippen LogP contribution in [0.1, 0.15) is 38.3 Å². The van der Waals surface area contributed by atoms with Crippen molar-refractivity contribution in [1.82, 2.24) is 9.97 Å². The number of benzene rings is 1. The Balaban J connectivity index is 2.20. The smallest absolute Gasteiger partial charge is 0.190 e. The summed E-state index contributed by atoms with van der Waals surface area (Å²) in [6, 6.07) is 3.69. The number of aromatic nitrogens is 2. The summed E-state index contributed by atoms with van der Waals surface area (Å²) in [5.74, 6) is 0.837. The normalized spacial score (nSPS) is 10.8. The van der Waals surface area contributed by atoms with Crippen molar-refractivity contribution in [3.05, 3.63) is 45.6 Å². The third-order valence-electron chi connectivity index (χ3n) is 3.97. The van der Waals surface area contributed by atoms with Gasteiger partial charge in [0.05, 0.1) is 5.75 Å². The molecule has 0 saturated carbocycles. The van der Waals surface area contributed by atoms with Gasteiger partial charge in [0.15, 0.2) is 10.9 Å². The van der Waals surface area contributed by atoms with Gasteiger partial charge in [0.25, 0.3) is 0 Å². The Bertz CT molecular complexity index is 721. The molecule has 0 aliphatic heterocycles. The van der Waals surface area contributed by atoms with Gasteiger partial charge in [0.1, 0.15) is 5.82 Å². The molecular weight excluding hydrogens is 294 g/mol. The molecule has 0 unspecified atom stereocenters. The highest BCUT2D eigenvalue weighted by Gasteiger charge is 2.15. The molecular formula is C17H21N3OS. The van der Waals surface area contributed by atoms with E-state index in [4.69, 9.17) is 5.73 Å². The van der Waals surface area contributed by atoms with Crippen LogP contribution in [0.4, 0.5) is 5.82 Å². The van der Waals surface area contributed by atoms with Gasteiger partial charge in [-0.3, -0.25) is 4.79 Å². The van der Waals surface area contributed by atoms with Crippen LogP contribution in [0.3, 0.4) is 0 Å². The number of carbonyl (C=O) groups is 1. The summed E-state index contributed by atoms with van der Waals surface area (Å²) in [5.41, 5.74) is 11.9. The summed E-state index contributed by atoms with van der Waals surface area (Å²) < 4.78 is 0. The molecule has 0 atom stereocenters.